The quantitative estimate of drug-likeness (QED) is 0.727. The van der Waals surface area contributed by atoms with Crippen LogP contribution in [-0.2, 0) is 6.42 Å². The maximum Gasteiger partial charge on any atom is 0.0843 e. The molecule has 1 aromatic rings. The third-order valence-electron chi connectivity index (χ3n) is 1.04. The molecule has 9 heavy (non-hydrogen) atoms. The van der Waals surface area contributed by atoms with Gasteiger partial charge in [0.1, 0.15) is 0 Å². The zero-order chi connectivity index (χ0) is 6.85. The van der Waals surface area contributed by atoms with Gasteiger partial charge in [-0.25, -0.2) is 0 Å². The third-order valence-corrected chi connectivity index (χ3v) is 4.45. The van der Waals surface area contributed by atoms with Gasteiger partial charge in [-0.2, -0.15) is 0 Å². The molecule has 0 saturated carbocycles. The van der Waals surface area contributed by atoms with E-state index in [4.69, 9.17) is 0 Å². The monoisotopic (exact) mass is 268 g/mol. The number of aryl methyl sites for hydroxylation is 1. The minimum atomic E-state index is 1.12. The molecule has 0 aliphatic rings. The maximum absolute atomic E-state index is 3.43. The van der Waals surface area contributed by atoms with Crippen LogP contribution in [-0.4, -0.2) is 0 Å². The molecule has 0 radical (unpaired) electrons. The Morgan fingerprint density at radius 1 is 1.56 bits per heavy atom. The van der Waals surface area contributed by atoms with Gasteiger partial charge in [-0.3, -0.25) is 0 Å². The van der Waals surface area contributed by atoms with E-state index in [9.17, 15) is 0 Å². The molecular weight excluding hydrogens is 264 g/mol. The van der Waals surface area contributed by atoms with Crippen molar-refractivity contribution in [3.05, 3.63) is 19.2 Å². The predicted molar refractivity (Wildman–Crippen MR) is 49.1 cm³/mol. The SMILES string of the molecule is CCc1cc(Br)c(Br)s1. The average molecular weight is 270 g/mol. The smallest absolute Gasteiger partial charge is 0.0843 e. The van der Waals surface area contributed by atoms with Crippen molar-refractivity contribution in [1.29, 1.82) is 0 Å². The van der Waals surface area contributed by atoms with Gasteiger partial charge in [-0.05, 0) is 44.3 Å². The molecule has 0 saturated heterocycles. The first-order chi connectivity index (χ1) is 4.24. The lowest BCUT2D eigenvalue weighted by Gasteiger charge is -1.79. The molecule has 0 aromatic carbocycles. The van der Waals surface area contributed by atoms with E-state index in [2.05, 4.69) is 44.8 Å². The van der Waals surface area contributed by atoms with Crippen LogP contribution in [0.1, 0.15) is 11.8 Å². The summed E-state index contributed by atoms with van der Waals surface area (Å²) in [7, 11) is 0. The van der Waals surface area contributed by atoms with Crippen LogP contribution < -0.4 is 0 Å². The number of thiophene rings is 1. The zero-order valence-corrected chi connectivity index (χ0v) is 8.94. The van der Waals surface area contributed by atoms with Crippen molar-refractivity contribution < 1.29 is 0 Å². The molecule has 1 rings (SSSR count). The molecule has 0 spiro atoms. The normalized spacial score (nSPS) is 10.1. The molecule has 1 aromatic heterocycles. The Morgan fingerprint density at radius 3 is 2.44 bits per heavy atom. The zero-order valence-electron chi connectivity index (χ0n) is 4.95. The average Bonchev–Trinajstić information content (AvgIpc) is 2.13. The van der Waals surface area contributed by atoms with Gasteiger partial charge < -0.3 is 0 Å². The Hall–Kier alpha value is 0.660. The number of hydrogen-bond donors (Lipinski definition) is 0. The number of halogens is 2. The molecule has 0 nitrogen and oxygen atoms in total. The van der Waals surface area contributed by atoms with E-state index in [0.717, 1.165) is 6.42 Å². The van der Waals surface area contributed by atoms with Gasteiger partial charge in [0.05, 0.1) is 3.79 Å². The summed E-state index contributed by atoms with van der Waals surface area (Å²) in [4.78, 5) is 1.41. The van der Waals surface area contributed by atoms with Crippen LogP contribution in [0.15, 0.2) is 14.3 Å². The van der Waals surface area contributed by atoms with Crippen LogP contribution in [0, 0.1) is 0 Å². The topological polar surface area (TPSA) is 0 Å². The highest BCUT2D eigenvalue weighted by Crippen LogP contribution is 2.32. The second-order valence-corrected chi connectivity index (χ2v) is 5.00. The van der Waals surface area contributed by atoms with Crippen LogP contribution in [0.2, 0.25) is 0 Å². The fraction of sp³-hybridized carbons (Fsp3) is 0.333. The molecular formula is C6H6Br2S. The lowest BCUT2D eigenvalue weighted by atomic mass is 10.4. The summed E-state index contributed by atoms with van der Waals surface area (Å²) in [6.45, 7) is 2.16. The summed E-state index contributed by atoms with van der Waals surface area (Å²) < 4.78 is 2.36. The summed E-state index contributed by atoms with van der Waals surface area (Å²) in [5.41, 5.74) is 0. The van der Waals surface area contributed by atoms with Crippen LogP contribution >= 0.6 is 43.2 Å². The summed E-state index contributed by atoms with van der Waals surface area (Å²) in [6, 6.07) is 2.15. The molecule has 50 valence electrons. The van der Waals surface area contributed by atoms with E-state index in [1.807, 2.05) is 0 Å². The molecule has 0 fully saturated rings. The third kappa shape index (κ3) is 1.79. The van der Waals surface area contributed by atoms with Gasteiger partial charge in [0.25, 0.3) is 0 Å². The second kappa shape index (κ2) is 3.17. The van der Waals surface area contributed by atoms with E-state index < -0.39 is 0 Å². The lowest BCUT2D eigenvalue weighted by molar-refractivity contribution is 1.18. The first-order valence-corrected chi connectivity index (χ1v) is 5.08. The summed E-state index contributed by atoms with van der Waals surface area (Å²) in [5, 5.41) is 0. The van der Waals surface area contributed by atoms with Crippen molar-refractivity contribution in [2.45, 2.75) is 13.3 Å². The molecule has 1 heterocycles. The van der Waals surface area contributed by atoms with Crippen molar-refractivity contribution >= 4 is 43.2 Å². The van der Waals surface area contributed by atoms with Gasteiger partial charge >= 0.3 is 0 Å². The molecule has 0 aliphatic heterocycles. The van der Waals surface area contributed by atoms with Gasteiger partial charge in [-0.15, -0.1) is 11.3 Å². The Kier molecular flexibility index (Phi) is 2.73. The van der Waals surface area contributed by atoms with Crippen molar-refractivity contribution in [3.63, 3.8) is 0 Å². The Morgan fingerprint density at radius 2 is 2.22 bits per heavy atom. The van der Waals surface area contributed by atoms with E-state index in [-0.39, 0.29) is 0 Å². The first kappa shape index (κ1) is 7.76. The predicted octanol–water partition coefficient (Wildman–Crippen LogP) is 3.84. The number of hydrogen-bond acceptors (Lipinski definition) is 1. The summed E-state index contributed by atoms with van der Waals surface area (Å²) in [6.07, 6.45) is 1.12. The van der Waals surface area contributed by atoms with Gasteiger partial charge in [-0.1, -0.05) is 6.92 Å². The highest BCUT2D eigenvalue weighted by molar-refractivity contribution is 9.13. The lowest BCUT2D eigenvalue weighted by Crippen LogP contribution is -1.64. The fourth-order valence-electron chi connectivity index (χ4n) is 0.566. The second-order valence-electron chi connectivity index (χ2n) is 1.69. The largest absolute Gasteiger partial charge is 0.132 e. The molecule has 3 heteroatoms. The maximum atomic E-state index is 3.43. The van der Waals surface area contributed by atoms with Gasteiger partial charge in [0, 0.05) is 9.35 Å². The molecule has 0 N–H and O–H groups in total. The fourth-order valence-corrected chi connectivity index (χ4v) is 2.68. The van der Waals surface area contributed by atoms with Crippen LogP contribution in [0.3, 0.4) is 0 Å². The van der Waals surface area contributed by atoms with E-state index in [1.54, 1.807) is 11.3 Å². The highest BCUT2D eigenvalue weighted by Gasteiger charge is 2.00. The van der Waals surface area contributed by atoms with Gasteiger partial charge in [0.2, 0.25) is 0 Å². The minimum Gasteiger partial charge on any atom is -0.132 e. The van der Waals surface area contributed by atoms with Crippen LogP contribution in [0.4, 0.5) is 0 Å². The Bertz CT molecular complexity index is 185. The van der Waals surface area contributed by atoms with Crippen LogP contribution in [0.5, 0.6) is 0 Å². The van der Waals surface area contributed by atoms with Gasteiger partial charge in [0.15, 0.2) is 0 Å². The molecule has 0 atom stereocenters. The van der Waals surface area contributed by atoms with Crippen molar-refractivity contribution in [1.82, 2.24) is 0 Å². The van der Waals surface area contributed by atoms with E-state index in [1.165, 1.54) is 13.1 Å². The minimum absolute atomic E-state index is 1.12. The Labute approximate surface area is 75.5 Å². The van der Waals surface area contributed by atoms with Crippen LogP contribution in [0.25, 0.3) is 0 Å². The molecule has 0 bridgehead atoms. The number of rotatable bonds is 1. The summed E-state index contributed by atoms with van der Waals surface area (Å²) in [5.74, 6) is 0. The Balaban J connectivity index is 2.98. The standard InChI is InChI=1S/C6H6Br2S/c1-2-4-3-5(7)6(8)9-4/h3H,2H2,1H3. The molecule has 0 aliphatic carbocycles. The first-order valence-electron chi connectivity index (χ1n) is 2.67. The van der Waals surface area contributed by atoms with Crippen molar-refractivity contribution in [2.24, 2.45) is 0 Å². The molecule has 0 amide bonds. The summed E-state index contributed by atoms with van der Waals surface area (Å²) >= 11 is 8.63. The van der Waals surface area contributed by atoms with Crippen molar-refractivity contribution in [3.8, 4) is 0 Å². The highest BCUT2D eigenvalue weighted by atomic mass is 79.9. The van der Waals surface area contributed by atoms with Crippen molar-refractivity contribution in [2.75, 3.05) is 0 Å². The molecule has 0 unspecified atom stereocenters. The van der Waals surface area contributed by atoms with E-state index in [0.29, 0.717) is 0 Å². The van der Waals surface area contributed by atoms with E-state index >= 15 is 0 Å².